The zero-order valence-corrected chi connectivity index (χ0v) is 26.2. The number of esters is 1. The van der Waals surface area contributed by atoms with Gasteiger partial charge in [0, 0.05) is 23.1 Å². The molecule has 43 heavy (non-hydrogen) atoms. The molecule has 0 radical (unpaired) electrons. The van der Waals surface area contributed by atoms with Crippen molar-refractivity contribution in [1.29, 1.82) is 0 Å². The topological polar surface area (TPSA) is 107 Å². The molecule has 8 heteroatoms. The van der Waals surface area contributed by atoms with Gasteiger partial charge in [0.15, 0.2) is 0 Å². The SMILES string of the molecule is CC.CCOC(=O)Cc1ccccc1OCc1cc(-c2cccc(CNC(=O)OC(C)(C)C)c2)c2oc(C(C)O)cc2c1. The van der Waals surface area contributed by atoms with Crippen LogP contribution in [0.1, 0.15) is 77.0 Å². The van der Waals surface area contributed by atoms with E-state index in [1.807, 2.05) is 101 Å². The Morgan fingerprint density at radius 1 is 0.977 bits per heavy atom. The number of ether oxygens (including phenoxy) is 3. The highest BCUT2D eigenvalue weighted by atomic mass is 16.6. The number of carbonyl (C=O) groups excluding carboxylic acids is 2. The Kier molecular flexibility index (Phi) is 11.8. The van der Waals surface area contributed by atoms with Crippen molar-refractivity contribution in [3.63, 3.8) is 0 Å². The van der Waals surface area contributed by atoms with Gasteiger partial charge in [-0.05, 0) is 81.6 Å². The molecule has 1 amide bonds. The van der Waals surface area contributed by atoms with E-state index < -0.39 is 17.8 Å². The van der Waals surface area contributed by atoms with Gasteiger partial charge < -0.3 is 29.1 Å². The first-order chi connectivity index (χ1) is 20.5. The maximum absolute atomic E-state index is 12.2. The number of hydrogen-bond acceptors (Lipinski definition) is 7. The molecule has 3 aromatic carbocycles. The summed E-state index contributed by atoms with van der Waals surface area (Å²) >= 11 is 0. The average molecular weight is 590 g/mol. The van der Waals surface area contributed by atoms with Gasteiger partial charge in [0.2, 0.25) is 0 Å². The zero-order chi connectivity index (χ0) is 31.6. The lowest BCUT2D eigenvalue weighted by Crippen LogP contribution is -2.32. The summed E-state index contributed by atoms with van der Waals surface area (Å²) in [6.07, 6.45) is -1.13. The normalized spacial score (nSPS) is 11.7. The fraction of sp³-hybridized carbons (Fsp3) is 0.371. The number of carbonyl (C=O) groups is 2. The maximum Gasteiger partial charge on any atom is 0.407 e. The Morgan fingerprint density at radius 2 is 1.72 bits per heavy atom. The van der Waals surface area contributed by atoms with Crippen molar-refractivity contribution in [3.8, 4) is 16.9 Å². The van der Waals surface area contributed by atoms with Gasteiger partial charge in [0.05, 0.1) is 13.0 Å². The third-order valence-corrected chi connectivity index (χ3v) is 6.19. The predicted molar refractivity (Wildman–Crippen MR) is 168 cm³/mol. The van der Waals surface area contributed by atoms with Crippen molar-refractivity contribution >= 4 is 23.0 Å². The second-order valence-corrected chi connectivity index (χ2v) is 10.8. The molecule has 4 rings (SSSR count). The van der Waals surface area contributed by atoms with Crippen molar-refractivity contribution in [2.45, 2.75) is 79.7 Å². The van der Waals surface area contributed by atoms with Crippen LogP contribution in [0.2, 0.25) is 0 Å². The Hall–Kier alpha value is -4.30. The fourth-order valence-electron chi connectivity index (χ4n) is 4.40. The summed E-state index contributed by atoms with van der Waals surface area (Å²) in [6, 6.07) is 21.0. The molecule has 0 aliphatic rings. The number of hydrogen-bond donors (Lipinski definition) is 2. The molecule has 0 fully saturated rings. The number of aliphatic hydroxyl groups excluding tert-OH is 1. The molecule has 8 nitrogen and oxygen atoms in total. The highest BCUT2D eigenvalue weighted by molar-refractivity contribution is 5.93. The van der Waals surface area contributed by atoms with Gasteiger partial charge in [-0.1, -0.05) is 50.2 Å². The van der Waals surface area contributed by atoms with Gasteiger partial charge in [-0.25, -0.2) is 4.79 Å². The third kappa shape index (κ3) is 9.61. The van der Waals surface area contributed by atoms with E-state index in [-0.39, 0.29) is 19.0 Å². The van der Waals surface area contributed by atoms with E-state index >= 15 is 0 Å². The summed E-state index contributed by atoms with van der Waals surface area (Å²) in [5, 5.41) is 13.8. The summed E-state index contributed by atoms with van der Waals surface area (Å²) in [5.41, 5.74) is 4.29. The van der Waals surface area contributed by atoms with Gasteiger partial charge in [0.1, 0.15) is 35.4 Å². The highest BCUT2D eigenvalue weighted by Gasteiger charge is 2.18. The quantitative estimate of drug-likeness (QED) is 0.181. The average Bonchev–Trinajstić information content (AvgIpc) is 3.40. The molecule has 0 saturated heterocycles. The van der Waals surface area contributed by atoms with Crippen molar-refractivity contribution in [2.24, 2.45) is 0 Å². The van der Waals surface area contributed by atoms with Crippen LogP contribution in [0, 0.1) is 0 Å². The second kappa shape index (κ2) is 15.3. The molecule has 0 spiro atoms. The van der Waals surface area contributed by atoms with Crippen molar-refractivity contribution in [1.82, 2.24) is 5.32 Å². The van der Waals surface area contributed by atoms with E-state index in [4.69, 9.17) is 18.6 Å². The van der Waals surface area contributed by atoms with Crippen LogP contribution in [0.3, 0.4) is 0 Å². The van der Waals surface area contributed by atoms with Crippen molar-refractivity contribution in [2.75, 3.05) is 6.61 Å². The lowest BCUT2D eigenvalue weighted by molar-refractivity contribution is -0.142. The van der Waals surface area contributed by atoms with E-state index in [0.29, 0.717) is 30.2 Å². The van der Waals surface area contributed by atoms with E-state index in [0.717, 1.165) is 33.2 Å². The molecule has 0 aliphatic carbocycles. The number of para-hydroxylation sites is 1. The number of nitrogens with one attached hydrogen (secondary N) is 1. The van der Waals surface area contributed by atoms with Gasteiger partial charge in [-0.3, -0.25) is 4.79 Å². The Morgan fingerprint density at radius 3 is 2.42 bits per heavy atom. The second-order valence-electron chi connectivity index (χ2n) is 10.8. The number of rotatable bonds is 10. The first-order valence-electron chi connectivity index (χ1n) is 14.7. The van der Waals surface area contributed by atoms with Gasteiger partial charge in [0.25, 0.3) is 0 Å². The Bertz CT molecular complexity index is 1510. The van der Waals surface area contributed by atoms with Gasteiger partial charge in [-0.15, -0.1) is 0 Å². The standard InChI is InChI=1S/C33H37NO7.C2H6/c1-6-38-30(36)18-25-11-7-8-13-28(25)39-20-23-15-26-17-29(21(2)35)40-31(26)27(16-23)24-12-9-10-22(14-24)19-34-32(37)41-33(3,4)5;1-2/h7-17,21,35H,6,18-20H2,1-5H3,(H,34,37);1-2H3. The van der Waals surface area contributed by atoms with E-state index in [2.05, 4.69) is 5.32 Å². The van der Waals surface area contributed by atoms with Crippen LogP contribution in [0.25, 0.3) is 22.1 Å². The highest BCUT2D eigenvalue weighted by Crippen LogP contribution is 2.35. The minimum Gasteiger partial charge on any atom is -0.489 e. The third-order valence-electron chi connectivity index (χ3n) is 6.19. The predicted octanol–water partition coefficient (Wildman–Crippen LogP) is 7.89. The molecule has 0 bridgehead atoms. The van der Waals surface area contributed by atoms with Crippen molar-refractivity contribution < 1.29 is 33.3 Å². The van der Waals surface area contributed by atoms with E-state index in [1.165, 1.54) is 0 Å². The van der Waals surface area contributed by atoms with Gasteiger partial charge >= 0.3 is 12.1 Å². The minimum absolute atomic E-state index is 0.123. The lowest BCUT2D eigenvalue weighted by Gasteiger charge is -2.19. The van der Waals surface area contributed by atoms with Crippen LogP contribution >= 0.6 is 0 Å². The maximum atomic E-state index is 12.2. The number of amides is 1. The molecule has 1 aromatic heterocycles. The summed E-state index contributed by atoms with van der Waals surface area (Å²) in [7, 11) is 0. The number of furan rings is 1. The first-order valence-corrected chi connectivity index (χ1v) is 14.7. The Balaban J connectivity index is 0.00000248. The molecule has 1 atom stereocenters. The van der Waals surface area contributed by atoms with E-state index in [1.54, 1.807) is 13.8 Å². The number of fused-ring (bicyclic) bond motifs is 1. The molecule has 0 aliphatic heterocycles. The largest absolute Gasteiger partial charge is 0.489 e. The van der Waals surface area contributed by atoms with Crippen LogP contribution in [0.4, 0.5) is 4.79 Å². The van der Waals surface area contributed by atoms with Crippen LogP contribution in [0.15, 0.2) is 71.1 Å². The molecular weight excluding hydrogens is 546 g/mol. The van der Waals surface area contributed by atoms with Crippen LogP contribution in [-0.4, -0.2) is 29.4 Å². The summed E-state index contributed by atoms with van der Waals surface area (Å²) in [5.74, 6) is 0.758. The zero-order valence-electron chi connectivity index (χ0n) is 26.2. The summed E-state index contributed by atoms with van der Waals surface area (Å²) < 4.78 is 22.7. The number of alkyl carbamates (subject to hydrolysis) is 1. The molecule has 4 aromatic rings. The molecular formula is C35H43NO7. The molecule has 230 valence electrons. The monoisotopic (exact) mass is 589 g/mol. The van der Waals surface area contributed by atoms with Gasteiger partial charge in [-0.2, -0.15) is 0 Å². The van der Waals surface area contributed by atoms with Crippen LogP contribution < -0.4 is 10.1 Å². The lowest BCUT2D eigenvalue weighted by atomic mass is 9.99. The molecule has 2 N–H and O–H groups in total. The summed E-state index contributed by atoms with van der Waals surface area (Å²) in [6.45, 7) is 13.8. The van der Waals surface area contributed by atoms with E-state index in [9.17, 15) is 14.7 Å². The Labute approximate surface area is 254 Å². The molecule has 1 heterocycles. The van der Waals surface area contributed by atoms with Crippen LogP contribution in [0.5, 0.6) is 5.75 Å². The summed E-state index contributed by atoms with van der Waals surface area (Å²) in [4.78, 5) is 24.2. The minimum atomic E-state index is -0.769. The van der Waals surface area contributed by atoms with Crippen molar-refractivity contribution in [3.05, 3.63) is 89.2 Å². The molecule has 1 unspecified atom stereocenters. The molecule has 0 saturated carbocycles. The smallest absolute Gasteiger partial charge is 0.407 e. The number of aliphatic hydroxyl groups is 1. The van der Waals surface area contributed by atoms with Crippen LogP contribution in [-0.2, 0) is 33.8 Å². The fourth-order valence-corrected chi connectivity index (χ4v) is 4.40. The number of benzene rings is 3. The first kappa shape index (κ1) is 33.2.